The second kappa shape index (κ2) is 6.31. The summed E-state index contributed by atoms with van der Waals surface area (Å²) in [7, 11) is 0. The molecule has 2 aromatic rings. The Morgan fingerprint density at radius 1 is 1.00 bits per heavy atom. The maximum Gasteiger partial charge on any atom is 0.251 e. The summed E-state index contributed by atoms with van der Waals surface area (Å²) in [5, 5.41) is 3.35. The van der Waals surface area contributed by atoms with Crippen molar-refractivity contribution in [2.24, 2.45) is 0 Å². The van der Waals surface area contributed by atoms with Crippen LogP contribution in [0.25, 0.3) is 0 Å². The maximum atomic E-state index is 12.9. The topological polar surface area (TPSA) is 38.3 Å². The summed E-state index contributed by atoms with van der Waals surface area (Å²) in [6, 6.07) is 16.2. The van der Waals surface area contributed by atoms with E-state index in [2.05, 4.69) is 29.6 Å². The van der Waals surface area contributed by atoms with Gasteiger partial charge in [-0.05, 0) is 55.0 Å². The van der Waals surface area contributed by atoms with Gasteiger partial charge < -0.3 is 10.1 Å². The molecule has 2 aliphatic rings. The molecule has 0 atom stereocenters. The molecule has 1 saturated carbocycles. The lowest BCUT2D eigenvalue weighted by Gasteiger charge is -2.31. The minimum Gasteiger partial charge on any atom is -0.493 e. The number of ether oxygens (including phenoxy) is 1. The Bertz CT molecular complexity index is 733. The lowest BCUT2D eigenvalue weighted by Crippen LogP contribution is -2.43. The molecule has 1 aliphatic heterocycles. The molecular weight excluding hydrogens is 298 g/mol. The maximum absolute atomic E-state index is 12.9. The molecule has 4 rings (SSSR count). The highest BCUT2D eigenvalue weighted by molar-refractivity contribution is 5.95. The van der Waals surface area contributed by atoms with E-state index in [9.17, 15) is 4.79 Å². The van der Waals surface area contributed by atoms with Crippen LogP contribution in [0.1, 0.15) is 53.6 Å². The minimum atomic E-state index is -0.218. The molecular formula is C21H23NO2. The summed E-state index contributed by atoms with van der Waals surface area (Å²) in [6.45, 7) is 0.773. The van der Waals surface area contributed by atoms with Crippen LogP contribution in [0.2, 0.25) is 0 Å². The first-order valence-corrected chi connectivity index (χ1v) is 8.91. The molecule has 3 heteroatoms. The van der Waals surface area contributed by atoms with E-state index >= 15 is 0 Å². The quantitative estimate of drug-likeness (QED) is 0.919. The van der Waals surface area contributed by atoms with E-state index in [-0.39, 0.29) is 11.4 Å². The van der Waals surface area contributed by atoms with Crippen LogP contribution in [0.15, 0.2) is 48.5 Å². The molecule has 0 aromatic heterocycles. The van der Waals surface area contributed by atoms with E-state index in [0.717, 1.165) is 62.0 Å². The molecule has 1 heterocycles. The molecule has 1 fully saturated rings. The first-order chi connectivity index (χ1) is 11.8. The Morgan fingerprint density at radius 2 is 1.79 bits per heavy atom. The molecule has 2 aromatic carbocycles. The third-order valence-corrected chi connectivity index (χ3v) is 5.31. The van der Waals surface area contributed by atoms with Gasteiger partial charge >= 0.3 is 0 Å². The van der Waals surface area contributed by atoms with Gasteiger partial charge in [-0.15, -0.1) is 0 Å². The zero-order valence-corrected chi connectivity index (χ0v) is 13.9. The molecule has 3 nitrogen and oxygen atoms in total. The molecule has 1 aliphatic carbocycles. The minimum absolute atomic E-state index is 0.0223. The highest BCUT2D eigenvalue weighted by Gasteiger charge is 2.37. The lowest BCUT2D eigenvalue weighted by atomic mass is 9.87. The van der Waals surface area contributed by atoms with Gasteiger partial charge in [0, 0.05) is 5.56 Å². The van der Waals surface area contributed by atoms with Crippen molar-refractivity contribution in [3.63, 3.8) is 0 Å². The number of hydrogen-bond donors (Lipinski definition) is 1. The molecule has 0 radical (unpaired) electrons. The van der Waals surface area contributed by atoms with Crippen LogP contribution in [-0.4, -0.2) is 12.5 Å². The number of fused-ring (bicyclic) bond motifs is 1. The van der Waals surface area contributed by atoms with Gasteiger partial charge in [0.15, 0.2) is 0 Å². The number of carbonyl (C=O) groups is 1. The summed E-state index contributed by atoms with van der Waals surface area (Å²) in [5.41, 5.74) is 2.89. The molecule has 124 valence electrons. The number of aryl methyl sites for hydroxylation is 1. The Morgan fingerprint density at radius 3 is 2.58 bits per heavy atom. The number of rotatable bonds is 3. The summed E-state index contributed by atoms with van der Waals surface area (Å²) >= 11 is 0. The summed E-state index contributed by atoms with van der Waals surface area (Å²) in [4.78, 5) is 12.9. The summed E-state index contributed by atoms with van der Waals surface area (Å²) in [5.74, 6) is 0.950. The fourth-order valence-corrected chi connectivity index (χ4v) is 4.01. The fourth-order valence-electron chi connectivity index (χ4n) is 4.01. The van der Waals surface area contributed by atoms with Crippen LogP contribution in [0.3, 0.4) is 0 Å². The third kappa shape index (κ3) is 2.79. The molecule has 0 unspecified atom stereocenters. The standard InChI is InChI=1S/C21H23NO2/c23-20(17-10-11-19-16(15-17)7-6-14-24-19)22-21(12-4-5-13-21)18-8-2-1-3-9-18/h1-3,8-11,15H,4-7,12-14H2,(H,22,23). The average Bonchev–Trinajstić information content (AvgIpc) is 3.12. The van der Waals surface area contributed by atoms with E-state index in [1.165, 1.54) is 5.56 Å². The van der Waals surface area contributed by atoms with Crippen LogP contribution >= 0.6 is 0 Å². The van der Waals surface area contributed by atoms with Crippen molar-refractivity contribution in [3.8, 4) is 5.75 Å². The van der Waals surface area contributed by atoms with Crippen LogP contribution < -0.4 is 10.1 Å². The van der Waals surface area contributed by atoms with E-state index in [1.54, 1.807) is 0 Å². The highest BCUT2D eigenvalue weighted by atomic mass is 16.5. The second-order valence-electron chi connectivity index (χ2n) is 6.88. The van der Waals surface area contributed by atoms with Gasteiger partial charge in [-0.2, -0.15) is 0 Å². The van der Waals surface area contributed by atoms with Gasteiger partial charge in [-0.3, -0.25) is 4.79 Å². The second-order valence-corrected chi connectivity index (χ2v) is 6.88. The van der Waals surface area contributed by atoms with E-state index in [4.69, 9.17) is 4.74 Å². The van der Waals surface area contributed by atoms with Crippen molar-refractivity contribution < 1.29 is 9.53 Å². The van der Waals surface area contributed by atoms with Gasteiger partial charge in [0.05, 0.1) is 12.1 Å². The molecule has 1 amide bonds. The van der Waals surface area contributed by atoms with Crippen molar-refractivity contribution in [2.75, 3.05) is 6.61 Å². The molecule has 0 bridgehead atoms. The van der Waals surface area contributed by atoms with E-state index < -0.39 is 0 Å². The SMILES string of the molecule is O=C(NC1(c2ccccc2)CCCC1)c1ccc2c(c1)CCCO2. The smallest absolute Gasteiger partial charge is 0.251 e. The normalized spacial score (nSPS) is 18.5. The van der Waals surface area contributed by atoms with Crippen molar-refractivity contribution in [1.82, 2.24) is 5.32 Å². The van der Waals surface area contributed by atoms with Gasteiger partial charge in [-0.1, -0.05) is 43.2 Å². The first-order valence-electron chi connectivity index (χ1n) is 8.91. The van der Waals surface area contributed by atoms with Crippen molar-refractivity contribution in [1.29, 1.82) is 0 Å². The van der Waals surface area contributed by atoms with Crippen molar-refractivity contribution in [3.05, 3.63) is 65.2 Å². The number of amides is 1. The van der Waals surface area contributed by atoms with Crippen LogP contribution in [0, 0.1) is 0 Å². The number of nitrogens with one attached hydrogen (secondary N) is 1. The predicted octanol–water partition coefficient (Wildman–Crippen LogP) is 4.21. The number of carbonyl (C=O) groups excluding carboxylic acids is 1. The zero-order chi connectivity index (χ0) is 16.4. The molecule has 1 N–H and O–H groups in total. The molecule has 0 saturated heterocycles. The predicted molar refractivity (Wildman–Crippen MR) is 94.3 cm³/mol. The van der Waals surface area contributed by atoms with Crippen LogP contribution in [0.4, 0.5) is 0 Å². The number of hydrogen-bond acceptors (Lipinski definition) is 2. The highest BCUT2D eigenvalue weighted by Crippen LogP contribution is 2.39. The van der Waals surface area contributed by atoms with E-state index in [0.29, 0.717) is 0 Å². The lowest BCUT2D eigenvalue weighted by molar-refractivity contribution is 0.0898. The van der Waals surface area contributed by atoms with Gasteiger partial charge in [0.2, 0.25) is 0 Å². The average molecular weight is 321 g/mol. The largest absolute Gasteiger partial charge is 0.493 e. The Kier molecular flexibility index (Phi) is 4.01. The molecule has 0 spiro atoms. The van der Waals surface area contributed by atoms with Gasteiger partial charge in [0.1, 0.15) is 5.75 Å². The fraction of sp³-hybridized carbons (Fsp3) is 0.381. The van der Waals surface area contributed by atoms with Gasteiger partial charge in [0.25, 0.3) is 5.91 Å². The first kappa shape index (κ1) is 15.3. The Hall–Kier alpha value is -2.29. The monoisotopic (exact) mass is 321 g/mol. The summed E-state index contributed by atoms with van der Waals surface area (Å²) < 4.78 is 5.65. The zero-order valence-electron chi connectivity index (χ0n) is 13.9. The Balaban J connectivity index is 1.60. The van der Waals surface area contributed by atoms with Crippen LogP contribution in [0.5, 0.6) is 5.75 Å². The van der Waals surface area contributed by atoms with E-state index in [1.807, 2.05) is 24.3 Å². The Labute approximate surface area is 143 Å². The number of benzene rings is 2. The van der Waals surface area contributed by atoms with Gasteiger partial charge in [-0.25, -0.2) is 0 Å². The summed E-state index contributed by atoms with van der Waals surface area (Å²) in [6.07, 6.45) is 6.35. The van der Waals surface area contributed by atoms with Crippen molar-refractivity contribution >= 4 is 5.91 Å². The molecule has 24 heavy (non-hydrogen) atoms. The van der Waals surface area contributed by atoms with Crippen molar-refractivity contribution in [2.45, 2.75) is 44.1 Å². The van der Waals surface area contributed by atoms with Crippen LogP contribution in [-0.2, 0) is 12.0 Å². The third-order valence-electron chi connectivity index (χ3n) is 5.31.